The summed E-state index contributed by atoms with van der Waals surface area (Å²) in [6, 6.07) is 1.21. The van der Waals surface area contributed by atoms with Crippen LogP contribution in [0.4, 0.5) is 0 Å². The van der Waals surface area contributed by atoms with Crippen molar-refractivity contribution < 1.29 is 14.7 Å². The summed E-state index contributed by atoms with van der Waals surface area (Å²) in [4.78, 5) is 24.4. The summed E-state index contributed by atoms with van der Waals surface area (Å²) in [6.07, 6.45) is 5.96. The summed E-state index contributed by atoms with van der Waals surface area (Å²) in [5.41, 5.74) is 0. The van der Waals surface area contributed by atoms with Crippen molar-refractivity contribution >= 4 is 11.9 Å². The maximum atomic E-state index is 11.9. The van der Waals surface area contributed by atoms with Gasteiger partial charge in [-0.05, 0) is 25.3 Å². The van der Waals surface area contributed by atoms with Crippen LogP contribution in [0.2, 0.25) is 0 Å². The molecule has 1 unspecified atom stereocenters. The molecule has 0 aliphatic carbocycles. The highest BCUT2D eigenvalue weighted by molar-refractivity contribution is 5.84. The number of nitrogens with zero attached hydrogens (tertiary/aromatic N) is 3. The second-order valence-corrected chi connectivity index (χ2v) is 4.46. The molecule has 1 saturated heterocycles. The molecule has 0 spiro atoms. The average Bonchev–Trinajstić information content (AvgIpc) is 2.99. The standard InChI is InChI=1S/C12H17N3O3/c16-11(5-2-7-14-8-3-6-13-14)15-9-1-4-10(15)12(17)18/h3,6,8,10H,1-2,4-5,7,9H2,(H,17,18). The van der Waals surface area contributed by atoms with Crippen molar-refractivity contribution in [1.29, 1.82) is 0 Å². The first kappa shape index (κ1) is 12.6. The Bertz CT molecular complexity index is 416. The van der Waals surface area contributed by atoms with Crippen LogP contribution in [0.5, 0.6) is 0 Å². The normalized spacial score (nSPS) is 19.1. The van der Waals surface area contributed by atoms with Crippen LogP contribution in [0.25, 0.3) is 0 Å². The fraction of sp³-hybridized carbons (Fsp3) is 0.583. The number of amides is 1. The van der Waals surface area contributed by atoms with E-state index in [4.69, 9.17) is 5.11 Å². The number of carboxylic acids is 1. The number of carboxylic acid groups (broad SMARTS) is 1. The van der Waals surface area contributed by atoms with Crippen LogP contribution in [0.15, 0.2) is 18.5 Å². The summed E-state index contributed by atoms with van der Waals surface area (Å²) >= 11 is 0. The largest absolute Gasteiger partial charge is 0.480 e. The highest BCUT2D eigenvalue weighted by atomic mass is 16.4. The van der Waals surface area contributed by atoms with Crippen molar-refractivity contribution in [3.63, 3.8) is 0 Å². The van der Waals surface area contributed by atoms with Gasteiger partial charge in [0.2, 0.25) is 5.91 Å². The molecule has 0 saturated carbocycles. The monoisotopic (exact) mass is 251 g/mol. The van der Waals surface area contributed by atoms with Crippen molar-refractivity contribution in [3.05, 3.63) is 18.5 Å². The molecule has 1 aromatic heterocycles. The minimum Gasteiger partial charge on any atom is -0.480 e. The smallest absolute Gasteiger partial charge is 0.326 e. The van der Waals surface area contributed by atoms with Crippen molar-refractivity contribution in [1.82, 2.24) is 14.7 Å². The number of carbonyl (C=O) groups excluding carboxylic acids is 1. The van der Waals surface area contributed by atoms with Crippen LogP contribution in [-0.4, -0.2) is 44.3 Å². The van der Waals surface area contributed by atoms with Crippen LogP contribution in [-0.2, 0) is 16.1 Å². The maximum absolute atomic E-state index is 11.9. The van der Waals surface area contributed by atoms with Gasteiger partial charge in [-0.15, -0.1) is 0 Å². The fourth-order valence-corrected chi connectivity index (χ4v) is 2.29. The van der Waals surface area contributed by atoms with Gasteiger partial charge in [-0.3, -0.25) is 9.48 Å². The Morgan fingerprint density at radius 2 is 2.28 bits per heavy atom. The summed E-state index contributed by atoms with van der Waals surface area (Å²) in [6.45, 7) is 1.25. The lowest BCUT2D eigenvalue weighted by Crippen LogP contribution is -2.40. The molecule has 0 bridgehead atoms. The van der Waals surface area contributed by atoms with Crippen LogP contribution in [0, 0.1) is 0 Å². The molecule has 1 aliphatic rings. The van der Waals surface area contributed by atoms with Gasteiger partial charge in [0.1, 0.15) is 6.04 Å². The molecule has 6 nitrogen and oxygen atoms in total. The molecule has 6 heteroatoms. The van der Waals surface area contributed by atoms with Gasteiger partial charge in [-0.2, -0.15) is 5.10 Å². The quantitative estimate of drug-likeness (QED) is 0.837. The van der Waals surface area contributed by atoms with E-state index in [2.05, 4.69) is 5.10 Å². The first-order valence-corrected chi connectivity index (χ1v) is 6.18. The maximum Gasteiger partial charge on any atom is 0.326 e. The molecule has 1 amide bonds. The number of aryl methyl sites for hydroxylation is 1. The molecule has 1 N–H and O–H groups in total. The van der Waals surface area contributed by atoms with E-state index in [9.17, 15) is 9.59 Å². The second-order valence-electron chi connectivity index (χ2n) is 4.46. The van der Waals surface area contributed by atoms with Gasteiger partial charge in [0.05, 0.1) is 0 Å². The van der Waals surface area contributed by atoms with E-state index < -0.39 is 12.0 Å². The number of hydrogen-bond acceptors (Lipinski definition) is 3. The zero-order chi connectivity index (χ0) is 13.0. The van der Waals surface area contributed by atoms with E-state index in [-0.39, 0.29) is 5.91 Å². The van der Waals surface area contributed by atoms with Crippen LogP contribution in [0.1, 0.15) is 25.7 Å². The van der Waals surface area contributed by atoms with Crippen molar-refractivity contribution in [2.24, 2.45) is 0 Å². The van der Waals surface area contributed by atoms with E-state index in [0.717, 1.165) is 6.42 Å². The van der Waals surface area contributed by atoms with Crippen molar-refractivity contribution in [3.8, 4) is 0 Å². The number of hydrogen-bond donors (Lipinski definition) is 1. The lowest BCUT2D eigenvalue weighted by atomic mass is 10.2. The SMILES string of the molecule is O=C(O)C1CCCN1C(=O)CCCn1cccn1. The minimum absolute atomic E-state index is 0.0629. The van der Waals surface area contributed by atoms with E-state index >= 15 is 0 Å². The average molecular weight is 251 g/mol. The van der Waals surface area contributed by atoms with Gasteiger partial charge in [0.25, 0.3) is 0 Å². The Morgan fingerprint density at radius 1 is 1.44 bits per heavy atom. The number of carbonyl (C=O) groups is 2. The third-order valence-electron chi connectivity index (χ3n) is 3.20. The van der Waals surface area contributed by atoms with Gasteiger partial charge in [-0.25, -0.2) is 4.79 Å². The van der Waals surface area contributed by atoms with Gasteiger partial charge in [0, 0.05) is 31.9 Å². The molecule has 2 heterocycles. The number of rotatable bonds is 5. The Balaban J connectivity index is 1.79. The summed E-state index contributed by atoms with van der Waals surface area (Å²) < 4.78 is 1.77. The molecule has 1 aliphatic heterocycles. The van der Waals surface area contributed by atoms with E-state index in [1.807, 2.05) is 12.3 Å². The van der Waals surface area contributed by atoms with E-state index in [1.54, 1.807) is 10.9 Å². The summed E-state index contributed by atoms with van der Waals surface area (Å²) in [5, 5.41) is 13.1. The molecule has 0 radical (unpaired) electrons. The number of likely N-dealkylation sites (tertiary alicyclic amines) is 1. The highest BCUT2D eigenvalue weighted by Gasteiger charge is 2.33. The zero-order valence-corrected chi connectivity index (χ0v) is 10.2. The molecule has 2 rings (SSSR count). The van der Waals surface area contributed by atoms with Crippen LogP contribution in [0.3, 0.4) is 0 Å². The Hall–Kier alpha value is -1.85. The zero-order valence-electron chi connectivity index (χ0n) is 10.2. The first-order valence-electron chi connectivity index (χ1n) is 6.18. The Morgan fingerprint density at radius 3 is 2.94 bits per heavy atom. The highest BCUT2D eigenvalue weighted by Crippen LogP contribution is 2.18. The van der Waals surface area contributed by atoms with E-state index in [1.165, 1.54) is 4.90 Å². The summed E-state index contributed by atoms with van der Waals surface area (Å²) in [7, 11) is 0. The predicted molar refractivity (Wildman–Crippen MR) is 63.8 cm³/mol. The van der Waals surface area contributed by atoms with Crippen LogP contribution >= 0.6 is 0 Å². The molecular formula is C12H17N3O3. The molecule has 0 aromatic carbocycles. The predicted octanol–water partition coefficient (Wildman–Crippen LogP) is 0.739. The first-order chi connectivity index (χ1) is 8.68. The minimum atomic E-state index is -0.895. The van der Waals surface area contributed by atoms with Crippen molar-refractivity contribution in [2.45, 2.75) is 38.3 Å². The Kier molecular flexibility index (Phi) is 3.96. The fourth-order valence-electron chi connectivity index (χ4n) is 2.29. The van der Waals surface area contributed by atoms with Crippen molar-refractivity contribution in [2.75, 3.05) is 6.54 Å². The Labute approximate surface area is 105 Å². The second kappa shape index (κ2) is 5.66. The lowest BCUT2D eigenvalue weighted by molar-refractivity contribution is -0.148. The molecule has 1 fully saturated rings. The van der Waals surface area contributed by atoms with Gasteiger partial charge in [-0.1, -0.05) is 0 Å². The summed E-state index contributed by atoms with van der Waals surface area (Å²) in [5.74, 6) is -0.958. The molecular weight excluding hydrogens is 234 g/mol. The van der Waals surface area contributed by atoms with Gasteiger partial charge in [0.15, 0.2) is 0 Å². The molecule has 1 atom stereocenters. The topological polar surface area (TPSA) is 75.4 Å². The van der Waals surface area contributed by atoms with Crippen LogP contribution < -0.4 is 0 Å². The third kappa shape index (κ3) is 2.88. The number of aromatic nitrogens is 2. The van der Waals surface area contributed by atoms with E-state index in [0.29, 0.717) is 32.4 Å². The molecule has 18 heavy (non-hydrogen) atoms. The van der Waals surface area contributed by atoms with Gasteiger partial charge < -0.3 is 10.0 Å². The number of aliphatic carboxylic acids is 1. The lowest BCUT2D eigenvalue weighted by Gasteiger charge is -2.21. The third-order valence-corrected chi connectivity index (χ3v) is 3.20. The molecule has 98 valence electrons. The van der Waals surface area contributed by atoms with Gasteiger partial charge >= 0.3 is 5.97 Å². The molecule has 1 aromatic rings.